The first-order valence-electron chi connectivity index (χ1n) is 10.5. The number of anilines is 2. The summed E-state index contributed by atoms with van der Waals surface area (Å²) in [6.45, 7) is 2.88. The third kappa shape index (κ3) is 3.94. The van der Waals surface area contributed by atoms with Gasteiger partial charge in [-0.25, -0.2) is 4.79 Å². The Balaban J connectivity index is 1.67. The van der Waals surface area contributed by atoms with Crippen LogP contribution in [0.2, 0.25) is 0 Å². The summed E-state index contributed by atoms with van der Waals surface area (Å²) >= 11 is 3.45. The Kier molecular flexibility index (Phi) is 6.37. The number of cyclic esters (lactones) is 1. The van der Waals surface area contributed by atoms with Gasteiger partial charge in [-0.15, -0.1) is 0 Å². The van der Waals surface area contributed by atoms with Gasteiger partial charge in [0.05, 0.1) is 18.8 Å². The number of fused-ring (bicyclic) bond motifs is 1. The molecular formula is C24H25BrN2O5. The number of aliphatic hydroxyl groups excluding tert-OH is 1. The molecule has 32 heavy (non-hydrogen) atoms. The monoisotopic (exact) mass is 500 g/mol. The van der Waals surface area contributed by atoms with Crippen molar-refractivity contribution < 1.29 is 24.5 Å². The minimum absolute atomic E-state index is 0.00472. The molecule has 0 spiro atoms. The maximum Gasteiger partial charge on any atom is 0.414 e. The molecule has 2 aliphatic rings. The number of aliphatic hydroxyl groups is 2. The lowest BCUT2D eigenvalue weighted by Gasteiger charge is -2.28. The number of benzene rings is 2. The highest BCUT2D eigenvalue weighted by atomic mass is 79.9. The first-order chi connectivity index (χ1) is 15.4. The second-order valence-electron chi connectivity index (χ2n) is 7.98. The maximum absolute atomic E-state index is 13.6. The molecule has 4 rings (SSSR count). The van der Waals surface area contributed by atoms with Crippen LogP contribution in [0.5, 0.6) is 0 Å². The molecule has 0 aliphatic carbocycles. The third-order valence-corrected chi connectivity index (χ3v) is 6.43. The summed E-state index contributed by atoms with van der Waals surface area (Å²) in [4.78, 5) is 28.6. The number of rotatable bonds is 7. The van der Waals surface area contributed by atoms with Gasteiger partial charge < -0.3 is 19.8 Å². The van der Waals surface area contributed by atoms with E-state index in [-0.39, 0.29) is 19.2 Å². The Labute approximate surface area is 195 Å². The standard InChI is InChI=1S/C24H25BrN2O5/c1-16(5-2-3-11-28)24(31)20-14-18(25)8-9-21(20)27(22(24)29)15-17-6-4-7-19(13-17)26-10-12-32-23(26)30/h2,4-9,13-14,16,28,31H,3,10-12,15H2,1H3/b5-2+/t16-,24+/m1/s1. The van der Waals surface area contributed by atoms with E-state index in [1.165, 1.54) is 0 Å². The Morgan fingerprint density at radius 1 is 1.25 bits per heavy atom. The Bertz CT molecular complexity index is 1070. The quantitative estimate of drug-likeness (QED) is 0.565. The topological polar surface area (TPSA) is 90.3 Å². The number of carbonyl (C=O) groups is 2. The van der Waals surface area contributed by atoms with Crippen LogP contribution in [0.3, 0.4) is 0 Å². The maximum atomic E-state index is 13.6. The van der Waals surface area contributed by atoms with Crippen molar-refractivity contribution in [3.05, 3.63) is 70.2 Å². The van der Waals surface area contributed by atoms with Crippen LogP contribution < -0.4 is 9.80 Å². The van der Waals surface area contributed by atoms with E-state index in [1.54, 1.807) is 34.9 Å². The van der Waals surface area contributed by atoms with Gasteiger partial charge in [-0.1, -0.05) is 47.1 Å². The molecule has 0 bridgehead atoms. The highest BCUT2D eigenvalue weighted by Gasteiger charge is 2.52. The summed E-state index contributed by atoms with van der Waals surface area (Å²) in [5, 5.41) is 20.7. The van der Waals surface area contributed by atoms with E-state index in [9.17, 15) is 14.7 Å². The van der Waals surface area contributed by atoms with Crippen molar-refractivity contribution in [3.8, 4) is 0 Å². The zero-order chi connectivity index (χ0) is 22.9. The first kappa shape index (κ1) is 22.5. The molecule has 2 amide bonds. The van der Waals surface area contributed by atoms with Gasteiger partial charge in [0.15, 0.2) is 5.60 Å². The van der Waals surface area contributed by atoms with Crippen LogP contribution in [0.1, 0.15) is 24.5 Å². The van der Waals surface area contributed by atoms with Crippen LogP contribution in [0, 0.1) is 5.92 Å². The van der Waals surface area contributed by atoms with Crippen molar-refractivity contribution in [1.29, 1.82) is 0 Å². The molecule has 0 saturated carbocycles. The first-order valence-corrected chi connectivity index (χ1v) is 11.3. The number of carbonyl (C=O) groups excluding carboxylic acids is 2. The molecule has 2 aromatic rings. The SMILES string of the molecule is C[C@H](/C=C/CCO)[C@@]1(O)C(=O)N(Cc2cccc(N3CCOC3=O)c2)c2ccc(Br)cc21. The smallest absolute Gasteiger partial charge is 0.414 e. The number of hydrogen-bond acceptors (Lipinski definition) is 5. The lowest BCUT2D eigenvalue weighted by molar-refractivity contribution is -0.139. The van der Waals surface area contributed by atoms with Gasteiger partial charge >= 0.3 is 6.09 Å². The fraction of sp³-hybridized carbons (Fsp3) is 0.333. The molecule has 0 unspecified atom stereocenters. The molecule has 7 nitrogen and oxygen atoms in total. The van der Waals surface area contributed by atoms with E-state index < -0.39 is 17.4 Å². The molecule has 1 fully saturated rings. The lowest BCUT2D eigenvalue weighted by Crippen LogP contribution is -2.44. The zero-order valence-electron chi connectivity index (χ0n) is 17.7. The fourth-order valence-electron chi connectivity index (χ4n) is 4.22. The average molecular weight is 501 g/mol. The van der Waals surface area contributed by atoms with Crippen LogP contribution in [0.25, 0.3) is 0 Å². The van der Waals surface area contributed by atoms with Crippen molar-refractivity contribution in [2.24, 2.45) is 5.92 Å². The summed E-state index contributed by atoms with van der Waals surface area (Å²) < 4.78 is 5.79. The van der Waals surface area contributed by atoms with Crippen molar-refractivity contribution in [2.45, 2.75) is 25.5 Å². The largest absolute Gasteiger partial charge is 0.447 e. The number of halogens is 1. The number of amides is 2. The van der Waals surface area contributed by atoms with Crippen LogP contribution in [-0.2, 0) is 21.7 Å². The third-order valence-electron chi connectivity index (χ3n) is 5.93. The molecule has 2 atom stereocenters. The number of hydrogen-bond donors (Lipinski definition) is 2. The average Bonchev–Trinajstić information content (AvgIpc) is 3.30. The minimum Gasteiger partial charge on any atom is -0.447 e. The molecule has 2 N–H and O–H groups in total. The Morgan fingerprint density at radius 3 is 2.78 bits per heavy atom. The highest BCUT2D eigenvalue weighted by molar-refractivity contribution is 9.10. The minimum atomic E-state index is -1.72. The zero-order valence-corrected chi connectivity index (χ0v) is 19.3. The molecule has 0 radical (unpaired) electrons. The number of nitrogens with zero attached hydrogens (tertiary/aromatic N) is 2. The molecule has 8 heteroatoms. The summed E-state index contributed by atoms with van der Waals surface area (Å²) in [5.74, 6) is -0.900. The van der Waals surface area contributed by atoms with Crippen molar-refractivity contribution in [3.63, 3.8) is 0 Å². The van der Waals surface area contributed by atoms with E-state index in [2.05, 4.69) is 15.9 Å². The fourth-order valence-corrected chi connectivity index (χ4v) is 4.58. The summed E-state index contributed by atoms with van der Waals surface area (Å²) in [7, 11) is 0. The van der Waals surface area contributed by atoms with Gasteiger partial charge in [0.2, 0.25) is 0 Å². The summed E-state index contributed by atoms with van der Waals surface area (Å²) in [5.41, 5.74) is 1.01. The Hall–Kier alpha value is -2.68. The molecule has 2 aromatic carbocycles. The lowest BCUT2D eigenvalue weighted by atomic mass is 9.83. The summed E-state index contributed by atoms with van der Waals surface area (Å²) in [6, 6.07) is 12.9. The van der Waals surface area contributed by atoms with Crippen LogP contribution >= 0.6 is 15.9 Å². The van der Waals surface area contributed by atoms with Gasteiger partial charge in [-0.05, 0) is 42.3 Å². The summed E-state index contributed by atoms with van der Waals surface area (Å²) in [6.07, 6.45) is 3.61. The van der Waals surface area contributed by atoms with Gasteiger partial charge in [-0.3, -0.25) is 9.69 Å². The molecule has 2 aliphatic heterocycles. The van der Waals surface area contributed by atoms with Gasteiger partial charge in [0.1, 0.15) is 6.61 Å². The van der Waals surface area contributed by atoms with Crippen LogP contribution in [-0.4, -0.2) is 42.0 Å². The Morgan fingerprint density at radius 2 is 2.06 bits per heavy atom. The molecule has 1 saturated heterocycles. The van der Waals surface area contributed by atoms with Crippen LogP contribution in [0.4, 0.5) is 16.2 Å². The second kappa shape index (κ2) is 9.05. The van der Waals surface area contributed by atoms with Gasteiger partial charge in [0, 0.05) is 28.2 Å². The van der Waals surface area contributed by atoms with E-state index in [0.29, 0.717) is 36.5 Å². The van der Waals surface area contributed by atoms with Gasteiger partial charge in [-0.2, -0.15) is 0 Å². The second-order valence-corrected chi connectivity index (χ2v) is 8.90. The van der Waals surface area contributed by atoms with Crippen molar-refractivity contribution in [2.75, 3.05) is 29.6 Å². The van der Waals surface area contributed by atoms with Crippen molar-refractivity contribution in [1.82, 2.24) is 0 Å². The predicted octanol–water partition coefficient (Wildman–Crippen LogP) is 3.71. The molecule has 168 valence electrons. The van der Waals surface area contributed by atoms with Crippen molar-refractivity contribution >= 4 is 39.3 Å². The number of ether oxygens (including phenoxy) is 1. The molecule has 2 heterocycles. The highest BCUT2D eigenvalue weighted by Crippen LogP contribution is 2.46. The van der Waals surface area contributed by atoms with E-state index >= 15 is 0 Å². The van der Waals surface area contributed by atoms with Gasteiger partial charge in [0.25, 0.3) is 5.91 Å². The van der Waals surface area contributed by atoms with E-state index in [0.717, 1.165) is 10.0 Å². The predicted molar refractivity (Wildman–Crippen MR) is 124 cm³/mol. The molecule has 0 aromatic heterocycles. The van der Waals surface area contributed by atoms with Crippen LogP contribution in [0.15, 0.2) is 59.1 Å². The molecular weight excluding hydrogens is 476 g/mol. The normalized spacial score (nSPS) is 21.4. The van der Waals surface area contributed by atoms with E-state index in [1.807, 2.05) is 36.4 Å². The van der Waals surface area contributed by atoms with E-state index in [4.69, 9.17) is 9.84 Å².